The molecule has 1 amide bonds. The van der Waals surface area contributed by atoms with Crippen LogP contribution in [-0.4, -0.2) is 27.6 Å². The van der Waals surface area contributed by atoms with Crippen molar-refractivity contribution < 1.29 is 9.59 Å². The summed E-state index contributed by atoms with van der Waals surface area (Å²) in [6.45, 7) is 10.0. The maximum atomic E-state index is 13.7. The van der Waals surface area contributed by atoms with Crippen LogP contribution in [-0.2, 0) is 9.59 Å². The number of carbonyl (C=O) groups excluding carboxylic acids is 2. The third kappa shape index (κ3) is 5.65. The van der Waals surface area contributed by atoms with Gasteiger partial charge in [-0.3, -0.25) is 14.5 Å². The van der Waals surface area contributed by atoms with Gasteiger partial charge in [0, 0.05) is 23.4 Å². The molecule has 2 aromatic carbocycles. The molecular formula is C31H32N6O2S2. The summed E-state index contributed by atoms with van der Waals surface area (Å²) >= 11 is 2.57. The van der Waals surface area contributed by atoms with Gasteiger partial charge in [-0.2, -0.15) is 5.26 Å². The first-order valence-corrected chi connectivity index (χ1v) is 15.1. The molecule has 2 aliphatic rings. The lowest BCUT2D eigenvalue weighted by Gasteiger charge is -2.42. The van der Waals surface area contributed by atoms with Crippen LogP contribution in [0.15, 0.2) is 69.5 Å². The predicted octanol–water partition coefficient (Wildman–Crippen LogP) is 6.14. The van der Waals surface area contributed by atoms with Gasteiger partial charge in [0.1, 0.15) is 5.82 Å². The number of rotatable bonds is 6. The van der Waals surface area contributed by atoms with Gasteiger partial charge in [-0.1, -0.05) is 85.0 Å². The summed E-state index contributed by atoms with van der Waals surface area (Å²) < 4.78 is 0.590. The third-order valence-electron chi connectivity index (χ3n) is 7.45. The second-order valence-electron chi connectivity index (χ2n) is 11.3. The fourth-order valence-electron chi connectivity index (χ4n) is 5.49. The number of nitriles is 1. The van der Waals surface area contributed by atoms with Crippen LogP contribution in [0.25, 0.3) is 0 Å². The molecule has 210 valence electrons. The highest BCUT2D eigenvalue weighted by molar-refractivity contribution is 8.01. The first kappa shape index (κ1) is 28.6. The first-order chi connectivity index (χ1) is 19.5. The summed E-state index contributed by atoms with van der Waals surface area (Å²) in [5, 5.41) is 22.4. The molecule has 0 spiro atoms. The smallest absolute Gasteiger partial charge is 0.234 e. The van der Waals surface area contributed by atoms with E-state index in [9.17, 15) is 14.9 Å². The fourth-order valence-corrected chi connectivity index (χ4v) is 7.17. The Bertz CT molecular complexity index is 1630. The number of ketones is 1. The lowest BCUT2D eigenvalue weighted by Crippen LogP contribution is -2.42. The second-order valence-corrected chi connectivity index (χ2v) is 13.5. The minimum atomic E-state index is -0.536. The summed E-state index contributed by atoms with van der Waals surface area (Å²) in [6, 6.07) is 16.1. The highest BCUT2D eigenvalue weighted by atomic mass is 32.2. The Morgan fingerprint density at radius 1 is 1.15 bits per heavy atom. The molecule has 0 fully saturated rings. The number of anilines is 2. The molecule has 5 rings (SSSR count). The van der Waals surface area contributed by atoms with Crippen LogP contribution < -0.4 is 16.0 Å². The third-order valence-corrected chi connectivity index (χ3v) is 9.49. The van der Waals surface area contributed by atoms with Gasteiger partial charge in [-0.05, 0) is 49.3 Å². The van der Waals surface area contributed by atoms with Crippen molar-refractivity contribution in [2.75, 3.05) is 16.0 Å². The Morgan fingerprint density at radius 2 is 1.83 bits per heavy atom. The average Bonchev–Trinajstić information content (AvgIpc) is 3.37. The zero-order chi connectivity index (χ0) is 29.5. The van der Waals surface area contributed by atoms with E-state index in [-0.39, 0.29) is 28.7 Å². The van der Waals surface area contributed by atoms with Crippen molar-refractivity contribution in [3.05, 3.63) is 87.4 Å². The molecule has 10 heteroatoms. The van der Waals surface area contributed by atoms with Crippen LogP contribution in [0.2, 0.25) is 0 Å². The van der Waals surface area contributed by atoms with Crippen molar-refractivity contribution in [2.24, 2.45) is 11.1 Å². The van der Waals surface area contributed by atoms with E-state index in [1.807, 2.05) is 63.2 Å². The molecule has 8 nitrogen and oxygen atoms in total. The Hall–Kier alpha value is -3.94. The number of allylic oxidation sites excluding steroid dienone is 3. The number of aromatic nitrogens is 2. The quantitative estimate of drug-likeness (QED) is 0.331. The lowest BCUT2D eigenvalue weighted by atomic mass is 9.68. The summed E-state index contributed by atoms with van der Waals surface area (Å²) in [5.41, 5.74) is 12.9. The van der Waals surface area contributed by atoms with E-state index in [0.29, 0.717) is 33.5 Å². The number of nitrogens with zero attached hydrogens (tertiary/aromatic N) is 4. The summed E-state index contributed by atoms with van der Waals surface area (Å²) in [7, 11) is 0. The number of thioether (sulfide) groups is 1. The van der Waals surface area contributed by atoms with Crippen LogP contribution in [0.1, 0.15) is 54.9 Å². The van der Waals surface area contributed by atoms with Crippen LogP contribution in [0.4, 0.5) is 10.8 Å². The van der Waals surface area contributed by atoms with Crippen molar-refractivity contribution in [1.29, 1.82) is 5.26 Å². The van der Waals surface area contributed by atoms with Gasteiger partial charge < -0.3 is 11.1 Å². The molecule has 1 aliphatic heterocycles. The standard InChI is InChI=1S/C31H32N6O2S2/c1-17-9-11-20(12-10-17)25-21(15-32)28(33)37(22-13-31(4,5)14-23(38)26(22)25)29-35-36-30(41-29)40-16-24(39)34-27-18(2)7-6-8-19(27)3/h6-12,25H,13-14,16,33H2,1-5H3,(H,34,39). The van der Waals surface area contributed by atoms with Gasteiger partial charge in [-0.15, -0.1) is 10.2 Å². The number of hydrogen-bond acceptors (Lipinski definition) is 9. The molecule has 0 saturated heterocycles. The zero-order valence-corrected chi connectivity index (χ0v) is 25.4. The number of Topliss-reactive ketones (excluding diaryl/α,β-unsaturated/α-hetero) is 1. The van der Waals surface area contributed by atoms with E-state index < -0.39 is 5.92 Å². The molecule has 1 aromatic heterocycles. The molecule has 0 radical (unpaired) electrons. The van der Waals surface area contributed by atoms with Crippen LogP contribution in [0, 0.1) is 37.5 Å². The predicted molar refractivity (Wildman–Crippen MR) is 163 cm³/mol. The normalized spacial score (nSPS) is 18.3. The van der Waals surface area contributed by atoms with Crippen molar-refractivity contribution in [2.45, 2.75) is 57.7 Å². The molecule has 1 atom stereocenters. The van der Waals surface area contributed by atoms with Crippen LogP contribution >= 0.6 is 23.1 Å². The van der Waals surface area contributed by atoms with Gasteiger partial charge in [0.25, 0.3) is 0 Å². The monoisotopic (exact) mass is 584 g/mol. The van der Waals surface area contributed by atoms with Crippen molar-refractivity contribution >= 4 is 45.6 Å². The summed E-state index contributed by atoms with van der Waals surface area (Å²) in [6.07, 6.45) is 0.976. The molecular weight excluding hydrogens is 553 g/mol. The molecule has 0 saturated carbocycles. The van der Waals surface area contributed by atoms with Crippen molar-refractivity contribution in [1.82, 2.24) is 10.2 Å². The Morgan fingerprint density at radius 3 is 2.49 bits per heavy atom. The number of benzene rings is 2. The molecule has 2 heterocycles. The van der Waals surface area contributed by atoms with E-state index in [0.717, 1.165) is 33.6 Å². The van der Waals surface area contributed by atoms with E-state index in [1.165, 1.54) is 23.1 Å². The largest absolute Gasteiger partial charge is 0.384 e. The van der Waals surface area contributed by atoms with Crippen LogP contribution in [0.5, 0.6) is 0 Å². The van der Waals surface area contributed by atoms with Gasteiger partial charge >= 0.3 is 0 Å². The van der Waals surface area contributed by atoms with Crippen molar-refractivity contribution in [3.8, 4) is 6.07 Å². The molecule has 3 aromatic rings. The average molecular weight is 585 g/mol. The second kappa shape index (κ2) is 11.1. The number of para-hydroxylation sites is 1. The van der Waals surface area contributed by atoms with Gasteiger partial charge in [0.05, 0.1) is 23.3 Å². The fraction of sp³-hybridized carbons (Fsp3) is 0.323. The highest BCUT2D eigenvalue weighted by Gasteiger charge is 2.45. The maximum Gasteiger partial charge on any atom is 0.234 e. The summed E-state index contributed by atoms with van der Waals surface area (Å²) in [4.78, 5) is 28.1. The van der Waals surface area contributed by atoms with E-state index in [1.54, 1.807) is 4.90 Å². The number of amides is 1. The topological polar surface area (TPSA) is 125 Å². The number of nitrogens with one attached hydrogen (secondary N) is 1. The van der Waals surface area contributed by atoms with Crippen molar-refractivity contribution in [3.63, 3.8) is 0 Å². The number of carbonyl (C=O) groups is 2. The highest BCUT2D eigenvalue weighted by Crippen LogP contribution is 2.50. The van der Waals surface area contributed by atoms with E-state index in [2.05, 4.69) is 35.4 Å². The Kier molecular flexibility index (Phi) is 7.77. The van der Waals surface area contributed by atoms with Gasteiger partial charge in [-0.25, -0.2) is 0 Å². The summed E-state index contributed by atoms with van der Waals surface area (Å²) in [5.74, 6) is -0.256. The Labute approximate surface area is 248 Å². The molecule has 1 unspecified atom stereocenters. The first-order valence-electron chi connectivity index (χ1n) is 13.3. The number of nitrogens with two attached hydrogens (primary N) is 1. The van der Waals surface area contributed by atoms with Gasteiger partial charge in [0.2, 0.25) is 11.0 Å². The molecule has 41 heavy (non-hydrogen) atoms. The van der Waals surface area contributed by atoms with E-state index in [4.69, 9.17) is 5.73 Å². The SMILES string of the molecule is Cc1ccc(C2C(C#N)=C(N)N(c3nnc(SCC(=O)Nc4c(C)cccc4C)s3)C3=C2C(=O)CC(C)(C)C3)cc1. The van der Waals surface area contributed by atoms with Gasteiger partial charge in [0.15, 0.2) is 10.1 Å². The number of hydrogen-bond donors (Lipinski definition) is 2. The minimum absolute atomic E-state index is 0.00867. The number of aryl methyl sites for hydroxylation is 3. The molecule has 1 aliphatic carbocycles. The zero-order valence-electron chi connectivity index (χ0n) is 23.7. The lowest BCUT2D eigenvalue weighted by molar-refractivity contribution is -0.118. The minimum Gasteiger partial charge on any atom is -0.384 e. The molecule has 0 bridgehead atoms. The molecule has 3 N–H and O–H groups in total. The van der Waals surface area contributed by atoms with E-state index >= 15 is 0 Å². The maximum absolute atomic E-state index is 13.7. The van der Waals surface area contributed by atoms with Crippen LogP contribution in [0.3, 0.4) is 0 Å². The Balaban J connectivity index is 1.46.